The van der Waals surface area contributed by atoms with E-state index in [-0.39, 0.29) is 6.04 Å². The molecule has 1 aromatic carbocycles. The van der Waals surface area contributed by atoms with Crippen molar-refractivity contribution in [3.8, 4) is 0 Å². The van der Waals surface area contributed by atoms with Crippen LogP contribution in [0.3, 0.4) is 0 Å². The van der Waals surface area contributed by atoms with Gasteiger partial charge in [-0.3, -0.25) is 0 Å². The SMILES string of the molecule is CC(N)Cc1ccc2c(c1)CCN2CC1CCC1. The van der Waals surface area contributed by atoms with Crippen LogP contribution >= 0.6 is 0 Å². The van der Waals surface area contributed by atoms with Crippen LogP contribution in [0.15, 0.2) is 18.2 Å². The summed E-state index contributed by atoms with van der Waals surface area (Å²) in [7, 11) is 0. The molecule has 98 valence electrons. The standard InChI is InChI=1S/C16H24N2/c1-12(17)9-14-5-6-16-15(10-14)7-8-18(16)11-13-3-2-4-13/h5-6,10,12-13H,2-4,7-9,11,17H2,1H3. The van der Waals surface area contributed by atoms with Crippen LogP contribution in [0.4, 0.5) is 5.69 Å². The molecule has 1 aliphatic carbocycles. The third-order valence-corrected chi connectivity index (χ3v) is 4.40. The molecule has 1 saturated carbocycles. The highest BCUT2D eigenvalue weighted by Gasteiger charge is 2.25. The Bertz CT molecular complexity index is 421. The van der Waals surface area contributed by atoms with E-state index in [1.54, 1.807) is 0 Å². The van der Waals surface area contributed by atoms with Gasteiger partial charge in [-0.1, -0.05) is 18.6 Å². The Morgan fingerprint density at radius 2 is 2.22 bits per heavy atom. The molecule has 1 heterocycles. The Morgan fingerprint density at radius 3 is 2.89 bits per heavy atom. The topological polar surface area (TPSA) is 29.3 Å². The fourth-order valence-electron chi connectivity index (χ4n) is 3.20. The fourth-order valence-corrected chi connectivity index (χ4v) is 3.20. The monoisotopic (exact) mass is 244 g/mol. The lowest BCUT2D eigenvalue weighted by molar-refractivity contribution is 0.319. The number of hydrogen-bond donors (Lipinski definition) is 1. The minimum absolute atomic E-state index is 0.260. The number of rotatable bonds is 4. The molecule has 3 rings (SSSR count). The van der Waals surface area contributed by atoms with Gasteiger partial charge in [0.2, 0.25) is 0 Å². The van der Waals surface area contributed by atoms with Gasteiger partial charge in [0.05, 0.1) is 0 Å². The highest BCUT2D eigenvalue weighted by atomic mass is 15.1. The second-order valence-corrected chi connectivity index (χ2v) is 6.14. The van der Waals surface area contributed by atoms with Gasteiger partial charge in [-0.25, -0.2) is 0 Å². The highest BCUT2D eigenvalue weighted by Crippen LogP contribution is 2.34. The Labute approximate surface area is 110 Å². The van der Waals surface area contributed by atoms with Gasteiger partial charge in [-0.05, 0) is 55.7 Å². The number of fused-ring (bicyclic) bond motifs is 1. The fraction of sp³-hybridized carbons (Fsp3) is 0.625. The van der Waals surface area contributed by atoms with Gasteiger partial charge in [-0.15, -0.1) is 0 Å². The number of nitrogens with two attached hydrogens (primary N) is 1. The molecule has 0 saturated heterocycles. The van der Waals surface area contributed by atoms with E-state index in [0.29, 0.717) is 0 Å². The van der Waals surface area contributed by atoms with E-state index in [9.17, 15) is 0 Å². The summed E-state index contributed by atoms with van der Waals surface area (Å²) < 4.78 is 0. The Balaban J connectivity index is 1.71. The second kappa shape index (κ2) is 4.93. The van der Waals surface area contributed by atoms with E-state index >= 15 is 0 Å². The summed E-state index contributed by atoms with van der Waals surface area (Å²) in [6.45, 7) is 4.57. The van der Waals surface area contributed by atoms with Gasteiger partial charge in [0, 0.05) is 24.8 Å². The van der Waals surface area contributed by atoms with Gasteiger partial charge in [-0.2, -0.15) is 0 Å². The highest BCUT2D eigenvalue weighted by molar-refractivity contribution is 5.59. The predicted molar refractivity (Wildman–Crippen MR) is 77.1 cm³/mol. The molecule has 1 aliphatic heterocycles. The summed E-state index contributed by atoms with van der Waals surface area (Å²) in [5.41, 5.74) is 10.3. The molecular weight excluding hydrogens is 220 g/mol. The normalized spacial score (nSPS) is 20.7. The van der Waals surface area contributed by atoms with Gasteiger partial charge >= 0.3 is 0 Å². The second-order valence-electron chi connectivity index (χ2n) is 6.14. The Morgan fingerprint density at radius 1 is 1.39 bits per heavy atom. The number of hydrogen-bond acceptors (Lipinski definition) is 2. The lowest BCUT2D eigenvalue weighted by atomic mass is 9.85. The van der Waals surface area contributed by atoms with E-state index in [1.165, 1.54) is 55.6 Å². The molecule has 2 aliphatic rings. The number of anilines is 1. The molecular formula is C16H24N2. The van der Waals surface area contributed by atoms with E-state index in [1.807, 2.05) is 0 Å². The summed E-state index contributed by atoms with van der Waals surface area (Å²) in [6, 6.07) is 7.22. The average Bonchev–Trinajstić information content (AvgIpc) is 2.65. The first-order valence-corrected chi connectivity index (χ1v) is 7.34. The van der Waals surface area contributed by atoms with E-state index < -0.39 is 0 Å². The van der Waals surface area contributed by atoms with Crippen molar-refractivity contribution >= 4 is 5.69 Å². The minimum Gasteiger partial charge on any atom is -0.371 e. The Hall–Kier alpha value is -1.02. The van der Waals surface area contributed by atoms with Gasteiger partial charge in [0.1, 0.15) is 0 Å². The maximum absolute atomic E-state index is 5.88. The molecule has 18 heavy (non-hydrogen) atoms. The van der Waals surface area contributed by atoms with Gasteiger partial charge in [0.15, 0.2) is 0 Å². The third-order valence-electron chi connectivity index (χ3n) is 4.40. The van der Waals surface area contributed by atoms with Crippen LogP contribution in [-0.4, -0.2) is 19.1 Å². The summed E-state index contributed by atoms with van der Waals surface area (Å²) in [4.78, 5) is 2.59. The largest absolute Gasteiger partial charge is 0.371 e. The van der Waals surface area contributed by atoms with Crippen molar-refractivity contribution in [2.75, 3.05) is 18.0 Å². The lowest BCUT2D eigenvalue weighted by Gasteiger charge is -2.31. The predicted octanol–water partition coefficient (Wildman–Crippen LogP) is 2.74. The molecule has 1 fully saturated rings. The Kier molecular flexibility index (Phi) is 3.29. The maximum Gasteiger partial charge on any atom is 0.0399 e. The molecule has 2 heteroatoms. The van der Waals surface area contributed by atoms with Crippen molar-refractivity contribution in [2.24, 2.45) is 11.7 Å². The molecule has 2 N–H and O–H groups in total. The van der Waals surface area contributed by atoms with E-state index in [4.69, 9.17) is 5.73 Å². The summed E-state index contributed by atoms with van der Waals surface area (Å²) in [5, 5.41) is 0. The first-order valence-electron chi connectivity index (χ1n) is 7.34. The molecule has 1 atom stereocenters. The van der Waals surface area contributed by atoms with Crippen molar-refractivity contribution in [1.29, 1.82) is 0 Å². The van der Waals surface area contributed by atoms with Crippen molar-refractivity contribution in [2.45, 2.75) is 45.1 Å². The van der Waals surface area contributed by atoms with E-state index in [0.717, 1.165) is 12.3 Å². The first-order chi connectivity index (χ1) is 8.72. The molecule has 0 radical (unpaired) electrons. The minimum atomic E-state index is 0.260. The quantitative estimate of drug-likeness (QED) is 0.882. The van der Waals surface area contributed by atoms with Gasteiger partial charge in [0.25, 0.3) is 0 Å². The van der Waals surface area contributed by atoms with Crippen LogP contribution in [0.5, 0.6) is 0 Å². The zero-order valence-electron chi connectivity index (χ0n) is 11.4. The average molecular weight is 244 g/mol. The molecule has 1 aromatic rings. The molecule has 0 aromatic heterocycles. The van der Waals surface area contributed by atoms with E-state index in [2.05, 4.69) is 30.0 Å². The summed E-state index contributed by atoms with van der Waals surface area (Å²) in [6.07, 6.45) is 6.53. The van der Waals surface area contributed by atoms with Crippen molar-refractivity contribution in [3.63, 3.8) is 0 Å². The molecule has 1 unspecified atom stereocenters. The van der Waals surface area contributed by atoms with Crippen LogP contribution in [0, 0.1) is 5.92 Å². The van der Waals surface area contributed by atoms with Crippen LogP contribution in [0.1, 0.15) is 37.3 Å². The first kappa shape index (κ1) is 12.0. The van der Waals surface area contributed by atoms with Crippen molar-refractivity contribution < 1.29 is 0 Å². The van der Waals surface area contributed by atoms with Crippen LogP contribution in [-0.2, 0) is 12.8 Å². The van der Waals surface area contributed by atoms with Crippen molar-refractivity contribution in [3.05, 3.63) is 29.3 Å². The molecule has 0 amide bonds. The zero-order chi connectivity index (χ0) is 12.5. The zero-order valence-corrected chi connectivity index (χ0v) is 11.4. The van der Waals surface area contributed by atoms with Crippen LogP contribution in [0.2, 0.25) is 0 Å². The van der Waals surface area contributed by atoms with Gasteiger partial charge < -0.3 is 10.6 Å². The smallest absolute Gasteiger partial charge is 0.0399 e. The number of nitrogens with zero attached hydrogens (tertiary/aromatic N) is 1. The molecule has 2 nitrogen and oxygen atoms in total. The molecule has 0 spiro atoms. The summed E-state index contributed by atoms with van der Waals surface area (Å²) >= 11 is 0. The summed E-state index contributed by atoms with van der Waals surface area (Å²) in [5.74, 6) is 0.958. The van der Waals surface area contributed by atoms with Crippen LogP contribution in [0.25, 0.3) is 0 Å². The molecule has 0 bridgehead atoms. The van der Waals surface area contributed by atoms with Crippen molar-refractivity contribution in [1.82, 2.24) is 0 Å². The third kappa shape index (κ3) is 2.39. The maximum atomic E-state index is 5.88. The lowest BCUT2D eigenvalue weighted by Crippen LogP contribution is -2.31. The number of benzene rings is 1. The van der Waals surface area contributed by atoms with Crippen LogP contribution < -0.4 is 10.6 Å².